The number of Topliss-reactive ketones (excluding diaryl/α,β-unsaturated/α-hetero) is 1. The Morgan fingerprint density at radius 1 is 0.972 bits per heavy atom. The van der Waals surface area contributed by atoms with Crippen molar-refractivity contribution in [2.24, 2.45) is 17.8 Å². The molecule has 0 aromatic heterocycles. The van der Waals surface area contributed by atoms with Gasteiger partial charge >= 0.3 is 0 Å². The van der Waals surface area contributed by atoms with Crippen molar-refractivity contribution >= 4 is 51.7 Å². The van der Waals surface area contributed by atoms with E-state index in [4.69, 9.17) is 0 Å². The number of amides is 2. The van der Waals surface area contributed by atoms with Crippen molar-refractivity contribution in [3.05, 3.63) is 92.1 Å². The number of ketones is 2. The highest BCUT2D eigenvalue weighted by molar-refractivity contribution is 14.1. The number of benzene rings is 2. The lowest BCUT2D eigenvalue weighted by molar-refractivity contribution is -0.123. The lowest BCUT2D eigenvalue weighted by atomic mass is 9.59. The number of hydrogen-bond donors (Lipinski definition) is 1. The molecule has 4 unspecified atom stereocenters. The summed E-state index contributed by atoms with van der Waals surface area (Å²) in [5.74, 6) is -2.90. The molecule has 1 fully saturated rings. The first-order valence-corrected chi connectivity index (χ1v) is 13.0. The van der Waals surface area contributed by atoms with Gasteiger partial charge in [-0.25, -0.2) is 0 Å². The first-order valence-electron chi connectivity index (χ1n) is 11.9. The van der Waals surface area contributed by atoms with E-state index in [1.165, 1.54) is 11.0 Å². The minimum absolute atomic E-state index is 0.0596. The van der Waals surface area contributed by atoms with Crippen LogP contribution < -0.4 is 4.90 Å². The minimum atomic E-state index is -0.611. The minimum Gasteiger partial charge on any atom is -0.508 e. The van der Waals surface area contributed by atoms with E-state index in [2.05, 4.69) is 22.6 Å². The lowest BCUT2D eigenvalue weighted by Gasteiger charge is -2.42. The van der Waals surface area contributed by atoms with Crippen molar-refractivity contribution < 1.29 is 24.3 Å². The predicted octanol–water partition coefficient (Wildman–Crippen LogP) is 4.63. The summed E-state index contributed by atoms with van der Waals surface area (Å²) >= 11 is 2.18. The summed E-state index contributed by atoms with van der Waals surface area (Å²) < 4.78 is 1.00. The standard InChI is InChI=1S/C29H22INO5/c1-14-11-23(33)26-22(27(14)34)13-21-19(24(26)15-3-2-4-18(32)12-15)9-10-20-25(21)29(36)31(28(20)35)17-7-5-16(30)6-8-17/h2-9,11-12,20-21,24-25,32H,10,13H2,1H3. The van der Waals surface area contributed by atoms with E-state index in [0.717, 1.165) is 9.14 Å². The number of imide groups is 1. The molecule has 36 heavy (non-hydrogen) atoms. The lowest BCUT2D eigenvalue weighted by Crippen LogP contribution is -2.39. The molecule has 0 radical (unpaired) electrons. The maximum Gasteiger partial charge on any atom is 0.238 e. The molecule has 4 atom stereocenters. The summed E-state index contributed by atoms with van der Waals surface area (Å²) in [6.45, 7) is 1.63. The Hall–Kier alpha value is -3.33. The van der Waals surface area contributed by atoms with Crippen LogP contribution in [0.15, 0.2) is 83.0 Å². The van der Waals surface area contributed by atoms with E-state index in [-0.39, 0.29) is 41.5 Å². The average Bonchev–Trinajstić information content (AvgIpc) is 3.12. The van der Waals surface area contributed by atoms with Crippen LogP contribution in [-0.2, 0) is 19.2 Å². The maximum atomic E-state index is 13.8. The number of nitrogens with zero attached hydrogens (tertiary/aromatic N) is 1. The number of anilines is 1. The number of carbonyl (C=O) groups excluding carboxylic acids is 4. The van der Waals surface area contributed by atoms with Gasteiger partial charge in [-0.15, -0.1) is 0 Å². The zero-order valence-corrected chi connectivity index (χ0v) is 21.6. The summed E-state index contributed by atoms with van der Waals surface area (Å²) in [5, 5.41) is 10.2. The van der Waals surface area contributed by atoms with Crippen molar-refractivity contribution in [2.75, 3.05) is 4.90 Å². The molecule has 4 aliphatic rings. The van der Waals surface area contributed by atoms with Crippen LogP contribution in [0.5, 0.6) is 5.75 Å². The largest absolute Gasteiger partial charge is 0.508 e. The van der Waals surface area contributed by atoms with Crippen LogP contribution in [0.25, 0.3) is 0 Å². The van der Waals surface area contributed by atoms with Crippen LogP contribution in [0.4, 0.5) is 5.69 Å². The van der Waals surface area contributed by atoms with Gasteiger partial charge in [0.25, 0.3) is 0 Å². The van der Waals surface area contributed by atoms with E-state index < -0.39 is 17.8 Å². The summed E-state index contributed by atoms with van der Waals surface area (Å²) in [5.41, 5.74) is 3.33. The van der Waals surface area contributed by atoms with Crippen LogP contribution in [0.2, 0.25) is 0 Å². The number of halogens is 1. The van der Waals surface area contributed by atoms with E-state index in [9.17, 15) is 24.3 Å². The van der Waals surface area contributed by atoms with Crippen LogP contribution in [0.1, 0.15) is 31.2 Å². The number of fused-ring (bicyclic) bond motifs is 3. The quantitative estimate of drug-likeness (QED) is 0.238. The second-order valence-corrected chi connectivity index (χ2v) is 11.1. The molecular formula is C29H22INO5. The second-order valence-electron chi connectivity index (χ2n) is 9.81. The highest BCUT2D eigenvalue weighted by atomic mass is 127. The van der Waals surface area contributed by atoms with Crippen LogP contribution in [-0.4, -0.2) is 28.5 Å². The number of rotatable bonds is 2. The summed E-state index contributed by atoms with van der Waals surface area (Å²) in [6.07, 6.45) is 3.99. The number of aromatic hydroxyl groups is 1. The third kappa shape index (κ3) is 3.36. The van der Waals surface area contributed by atoms with Gasteiger partial charge in [0.2, 0.25) is 11.8 Å². The van der Waals surface area contributed by atoms with Gasteiger partial charge < -0.3 is 5.11 Å². The van der Waals surface area contributed by atoms with Crippen molar-refractivity contribution in [2.45, 2.75) is 25.7 Å². The van der Waals surface area contributed by atoms with Crippen molar-refractivity contribution in [3.8, 4) is 5.75 Å². The molecule has 6 rings (SSSR count). The molecule has 2 amide bonds. The first kappa shape index (κ1) is 23.1. The number of hydrogen-bond acceptors (Lipinski definition) is 5. The first-order chi connectivity index (χ1) is 17.3. The Morgan fingerprint density at radius 2 is 1.72 bits per heavy atom. The fraction of sp³-hybridized carbons (Fsp3) is 0.241. The Bertz CT molecular complexity index is 1460. The van der Waals surface area contributed by atoms with Crippen molar-refractivity contribution in [1.82, 2.24) is 0 Å². The fourth-order valence-electron chi connectivity index (χ4n) is 6.31. The van der Waals surface area contributed by atoms with Crippen molar-refractivity contribution in [3.63, 3.8) is 0 Å². The Kier molecular flexibility index (Phi) is 5.37. The normalized spacial score (nSPS) is 27.4. The van der Waals surface area contributed by atoms with Crippen LogP contribution in [0, 0.1) is 21.3 Å². The van der Waals surface area contributed by atoms with Gasteiger partial charge in [-0.2, -0.15) is 0 Å². The molecule has 3 aliphatic carbocycles. The number of phenols is 1. The highest BCUT2D eigenvalue weighted by Gasteiger charge is 2.56. The monoisotopic (exact) mass is 591 g/mol. The average molecular weight is 591 g/mol. The van der Waals surface area contributed by atoms with Crippen molar-refractivity contribution in [1.29, 1.82) is 0 Å². The molecule has 1 saturated heterocycles. The summed E-state index contributed by atoms with van der Waals surface area (Å²) in [7, 11) is 0. The Balaban J connectivity index is 1.48. The molecule has 1 heterocycles. The van der Waals surface area contributed by atoms with Gasteiger partial charge in [0.05, 0.1) is 17.5 Å². The number of carbonyl (C=O) groups is 4. The number of phenolic OH excluding ortho intramolecular Hbond substituents is 1. The molecule has 180 valence electrons. The van der Waals surface area contributed by atoms with Gasteiger partial charge in [0, 0.05) is 26.2 Å². The molecule has 1 aliphatic heterocycles. The summed E-state index contributed by atoms with van der Waals surface area (Å²) in [4.78, 5) is 55.1. The molecule has 2 aromatic carbocycles. The van der Waals surface area contributed by atoms with Gasteiger partial charge in [-0.1, -0.05) is 23.8 Å². The zero-order valence-electron chi connectivity index (χ0n) is 19.4. The topological polar surface area (TPSA) is 91.8 Å². The number of allylic oxidation sites excluding steroid dienone is 6. The van der Waals surface area contributed by atoms with Gasteiger partial charge in [-0.05, 0) is 96.3 Å². The molecule has 0 bridgehead atoms. The van der Waals surface area contributed by atoms with E-state index in [0.29, 0.717) is 34.4 Å². The Morgan fingerprint density at radius 3 is 2.44 bits per heavy atom. The smallest absolute Gasteiger partial charge is 0.238 e. The van der Waals surface area contributed by atoms with Gasteiger partial charge in [-0.3, -0.25) is 24.1 Å². The van der Waals surface area contributed by atoms with E-state index in [1.807, 2.05) is 24.3 Å². The molecule has 7 heteroatoms. The highest BCUT2D eigenvalue weighted by Crippen LogP contribution is 2.55. The predicted molar refractivity (Wildman–Crippen MR) is 141 cm³/mol. The maximum absolute atomic E-state index is 13.8. The molecular weight excluding hydrogens is 569 g/mol. The molecule has 2 aromatic rings. The fourth-order valence-corrected chi connectivity index (χ4v) is 6.67. The van der Waals surface area contributed by atoms with E-state index >= 15 is 0 Å². The van der Waals surface area contributed by atoms with E-state index in [1.54, 1.807) is 37.3 Å². The molecule has 6 nitrogen and oxygen atoms in total. The third-order valence-electron chi connectivity index (χ3n) is 7.85. The molecule has 1 N–H and O–H groups in total. The third-order valence-corrected chi connectivity index (χ3v) is 8.57. The Labute approximate surface area is 221 Å². The zero-order chi connectivity index (χ0) is 25.3. The molecule has 0 spiro atoms. The SMILES string of the molecule is CC1=CC(=O)C2=C(CC3C(=CCC4C(=O)N(c5ccc(I)cc5)C(=O)C43)C2c2cccc(O)c2)C1=O. The van der Waals surface area contributed by atoms with Crippen LogP contribution in [0.3, 0.4) is 0 Å². The van der Waals surface area contributed by atoms with Gasteiger partial charge in [0.1, 0.15) is 5.75 Å². The van der Waals surface area contributed by atoms with Crippen LogP contribution >= 0.6 is 22.6 Å². The molecule has 0 saturated carbocycles. The van der Waals surface area contributed by atoms with Gasteiger partial charge in [0.15, 0.2) is 11.6 Å². The summed E-state index contributed by atoms with van der Waals surface area (Å²) in [6, 6.07) is 14.0. The second kappa shape index (κ2) is 8.37.